The number of ether oxygens (including phenoxy) is 2. The van der Waals surface area contributed by atoms with Crippen molar-refractivity contribution < 1.29 is 14.3 Å². The summed E-state index contributed by atoms with van der Waals surface area (Å²) in [6, 6.07) is 0. The summed E-state index contributed by atoms with van der Waals surface area (Å²) in [5.74, 6) is 0. The van der Waals surface area contributed by atoms with E-state index in [1.165, 1.54) is 19.3 Å². The van der Waals surface area contributed by atoms with Crippen LogP contribution in [0.4, 0.5) is 4.79 Å². The maximum absolute atomic E-state index is 11.3. The smallest absolute Gasteiger partial charge is 0.431 e. The first-order valence-corrected chi connectivity index (χ1v) is 6.27. The molecule has 1 aliphatic rings. The molecule has 0 aromatic heterocycles. The predicted octanol–water partition coefficient (Wildman–Crippen LogP) is 3.83. The van der Waals surface area contributed by atoms with E-state index in [1.54, 1.807) is 6.08 Å². The largest absolute Gasteiger partial charge is 0.508 e. The van der Waals surface area contributed by atoms with Gasteiger partial charge < -0.3 is 9.47 Å². The average molecular weight is 226 g/mol. The molecular formula is C13H22O3. The summed E-state index contributed by atoms with van der Waals surface area (Å²) in [5, 5.41) is 0. The summed E-state index contributed by atoms with van der Waals surface area (Å²) in [6.45, 7) is 2.20. The van der Waals surface area contributed by atoms with Gasteiger partial charge in [-0.2, -0.15) is 0 Å². The van der Waals surface area contributed by atoms with Crippen molar-refractivity contribution in [2.75, 3.05) is 6.61 Å². The van der Waals surface area contributed by atoms with Crippen molar-refractivity contribution in [1.29, 1.82) is 0 Å². The van der Waals surface area contributed by atoms with Crippen LogP contribution in [0.15, 0.2) is 12.2 Å². The Labute approximate surface area is 97.8 Å². The Morgan fingerprint density at radius 2 is 1.81 bits per heavy atom. The van der Waals surface area contributed by atoms with Crippen LogP contribution in [0.2, 0.25) is 0 Å². The lowest BCUT2D eigenvalue weighted by Gasteiger charge is -2.19. The quantitative estimate of drug-likeness (QED) is 0.542. The van der Waals surface area contributed by atoms with Gasteiger partial charge >= 0.3 is 6.16 Å². The second-order valence-corrected chi connectivity index (χ2v) is 4.22. The lowest BCUT2D eigenvalue weighted by molar-refractivity contribution is 0.0205. The first-order chi connectivity index (χ1) is 7.83. The Morgan fingerprint density at radius 3 is 2.44 bits per heavy atom. The van der Waals surface area contributed by atoms with Gasteiger partial charge in [-0.05, 0) is 32.6 Å². The first-order valence-electron chi connectivity index (χ1n) is 6.27. The number of hydrogen-bond acceptors (Lipinski definition) is 3. The summed E-state index contributed by atoms with van der Waals surface area (Å²) in [4.78, 5) is 11.3. The molecule has 0 aromatic rings. The van der Waals surface area contributed by atoms with Crippen LogP contribution in [0.5, 0.6) is 0 Å². The molecule has 0 unspecified atom stereocenters. The summed E-state index contributed by atoms with van der Waals surface area (Å²) >= 11 is 0. The molecule has 0 amide bonds. The van der Waals surface area contributed by atoms with Crippen LogP contribution in [-0.2, 0) is 9.47 Å². The molecule has 0 bridgehead atoms. The van der Waals surface area contributed by atoms with Gasteiger partial charge in [-0.15, -0.1) is 0 Å². The highest BCUT2D eigenvalue weighted by atomic mass is 16.7. The third-order valence-corrected chi connectivity index (χ3v) is 2.85. The van der Waals surface area contributed by atoms with Gasteiger partial charge in [0, 0.05) is 0 Å². The molecule has 1 aliphatic carbocycles. The summed E-state index contributed by atoms with van der Waals surface area (Å²) in [5.41, 5.74) is 0. The predicted molar refractivity (Wildman–Crippen MR) is 63.4 cm³/mol. The van der Waals surface area contributed by atoms with Gasteiger partial charge in [0.25, 0.3) is 0 Å². The minimum atomic E-state index is -0.524. The normalized spacial score (nSPS) is 19.1. The minimum absolute atomic E-state index is 0.0680. The van der Waals surface area contributed by atoms with Gasteiger partial charge in [-0.1, -0.05) is 31.4 Å². The Morgan fingerprint density at radius 1 is 1.19 bits per heavy atom. The molecule has 0 aliphatic heterocycles. The Bertz CT molecular complexity index is 215. The second-order valence-electron chi connectivity index (χ2n) is 4.22. The fraction of sp³-hybridized carbons (Fsp3) is 0.769. The molecule has 1 rings (SSSR count). The van der Waals surface area contributed by atoms with Gasteiger partial charge in [-0.25, -0.2) is 4.79 Å². The van der Waals surface area contributed by atoms with Gasteiger partial charge in [0.2, 0.25) is 0 Å². The highest BCUT2D eigenvalue weighted by Crippen LogP contribution is 2.19. The lowest BCUT2D eigenvalue weighted by Crippen LogP contribution is -2.20. The Kier molecular flexibility index (Phi) is 6.70. The van der Waals surface area contributed by atoms with E-state index in [9.17, 15) is 4.79 Å². The third-order valence-electron chi connectivity index (χ3n) is 2.85. The van der Waals surface area contributed by atoms with Crippen LogP contribution < -0.4 is 0 Å². The second kappa shape index (κ2) is 8.20. The maximum atomic E-state index is 11.3. The monoisotopic (exact) mass is 226 g/mol. The molecular weight excluding hydrogens is 204 g/mol. The molecule has 0 radical (unpaired) electrons. The minimum Gasteiger partial charge on any atom is -0.431 e. The topological polar surface area (TPSA) is 35.5 Å². The van der Waals surface area contributed by atoms with E-state index in [2.05, 4.69) is 0 Å². The van der Waals surface area contributed by atoms with Crippen LogP contribution in [0, 0.1) is 0 Å². The van der Waals surface area contributed by atoms with E-state index in [0.29, 0.717) is 6.61 Å². The molecule has 1 fully saturated rings. The van der Waals surface area contributed by atoms with E-state index < -0.39 is 6.16 Å². The van der Waals surface area contributed by atoms with Crippen LogP contribution in [0.25, 0.3) is 0 Å². The van der Waals surface area contributed by atoms with Crippen LogP contribution >= 0.6 is 0 Å². The van der Waals surface area contributed by atoms with Crippen LogP contribution in [0.1, 0.15) is 51.9 Å². The van der Waals surface area contributed by atoms with E-state index in [-0.39, 0.29) is 6.10 Å². The lowest BCUT2D eigenvalue weighted by atomic mass is 9.99. The van der Waals surface area contributed by atoms with Crippen molar-refractivity contribution in [3.05, 3.63) is 12.2 Å². The molecule has 0 spiro atoms. The highest BCUT2D eigenvalue weighted by Gasteiger charge is 2.16. The zero-order valence-corrected chi connectivity index (χ0v) is 10.1. The van der Waals surface area contributed by atoms with Crippen molar-refractivity contribution in [2.45, 2.75) is 58.0 Å². The zero-order valence-electron chi connectivity index (χ0n) is 10.1. The zero-order chi connectivity index (χ0) is 11.6. The van der Waals surface area contributed by atoms with E-state index in [0.717, 1.165) is 25.7 Å². The Balaban J connectivity index is 2.19. The number of allylic oxidation sites excluding steroid dienone is 1. The first kappa shape index (κ1) is 13.1. The van der Waals surface area contributed by atoms with E-state index in [4.69, 9.17) is 9.47 Å². The number of carbonyl (C=O) groups is 1. The van der Waals surface area contributed by atoms with Crippen LogP contribution in [-0.4, -0.2) is 18.9 Å². The van der Waals surface area contributed by atoms with E-state index in [1.807, 2.05) is 13.0 Å². The molecule has 0 N–H and O–H groups in total. The van der Waals surface area contributed by atoms with Gasteiger partial charge in [0.05, 0.1) is 0 Å². The van der Waals surface area contributed by atoms with Crippen molar-refractivity contribution >= 4 is 6.16 Å². The number of hydrogen-bond donors (Lipinski definition) is 0. The van der Waals surface area contributed by atoms with Crippen molar-refractivity contribution in [1.82, 2.24) is 0 Å². The van der Waals surface area contributed by atoms with Gasteiger partial charge in [0.15, 0.2) is 0 Å². The Hall–Kier alpha value is -0.990. The van der Waals surface area contributed by atoms with Crippen LogP contribution in [0.3, 0.4) is 0 Å². The fourth-order valence-electron chi connectivity index (χ4n) is 1.92. The maximum Gasteiger partial charge on any atom is 0.508 e. The molecule has 0 heterocycles. The summed E-state index contributed by atoms with van der Waals surface area (Å²) in [7, 11) is 0. The molecule has 16 heavy (non-hydrogen) atoms. The highest BCUT2D eigenvalue weighted by molar-refractivity contribution is 5.60. The molecule has 0 atom stereocenters. The average Bonchev–Trinajstić information content (AvgIpc) is 2.22. The van der Waals surface area contributed by atoms with Gasteiger partial charge in [0.1, 0.15) is 12.7 Å². The van der Waals surface area contributed by atoms with E-state index >= 15 is 0 Å². The van der Waals surface area contributed by atoms with Crippen molar-refractivity contribution in [2.24, 2.45) is 0 Å². The molecule has 0 saturated heterocycles. The molecule has 92 valence electrons. The molecule has 3 nitrogen and oxygen atoms in total. The standard InChI is InChI=1S/C13H22O3/c1-2-3-11-15-13(14)16-12-9-7-5-4-6-8-10-12/h2-3,12H,4-11H2,1H3/b3-2-. The third kappa shape index (κ3) is 5.79. The molecule has 1 saturated carbocycles. The summed E-state index contributed by atoms with van der Waals surface area (Å²) in [6.07, 6.45) is 11.3. The van der Waals surface area contributed by atoms with Crippen molar-refractivity contribution in [3.63, 3.8) is 0 Å². The van der Waals surface area contributed by atoms with Gasteiger partial charge in [-0.3, -0.25) is 0 Å². The van der Waals surface area contributed by atoms with Crippen molar-refractivity contribution in [3.8, 4) is 0 Å². The fourth-order valence-corrected chi connectivity index (χ4v) is 1.92. The molecule has 0 aromatic carbocycles. The summed E-state index contributed by atoms with van der Waals surface area (Å²) < 4.78 is 10.2. The number of rotatable bonds is 3. The SMILES string of the molecule is C/C=C\COC(=O)OC1CCCCCCC1. The number of carbonyl (C=O) groups excluding carboxylic acids is 1. The molecule has 3 heteroatoms.